The van der Waals surface area contributed by atoms with Crippen LogP contribution in [-0.4, -0.2) is 45.8 Å². The number of piperazine rings is 1. The van der Waals surface area contributed by atoms with E-state index in [1.54, 1.807) is 10.6 Å². The highest BCUT2D eigenvalue weighted by Crippen LogP contribution is 2.32. The number of hydrogen-bond acceptors (Lipinski definition) is 5. The number of aryl methyl sites for hydroxylation is 1. The molecule has 4 rings (SSSR count). The summed E-state index contributed by atoms with van der Waals surface area (Å²) in [5.41, 5.74) is 0.823. The summed E-state index contributed by atoms with van der Waals surface area (Å²) in [7, 11) is 0. The highest BCUT2D eigenvalue weighted by Gasteiger charge is 2.31. The molecule has 1 fully saturated rings. The molecule has 1 aromatic carbocycles. The van der Waals surface area contributed by atoms with E-state index in [0.717, 1.165) is 17.6 Å². The summed E-state index contributed by atoms with van der Waals surface area (Å²) < 4.78 is 40.5. The molecule has 9 heteroatoms. The largest absolute Gasteiger partial charge is 0.416 e. The minimum atomic E-state index is -4.33. The Hall–Kier alpha value is -2.84. The fraction of sp³-hybridized carbons (Fsp3) is 0.421. The number of hydrogen-bond donors (Lipinski definition) is 0. The second-order valence-electron chi connectivity index (χ2n) is 6.25. The lowest BCUT2D eigenvalue weighted by Gasteiger charge is -2.37. The molecular weight excluding hydrogens is 369 g/mol. The fourth-order valence-corrected chi connectivity index (χ4v) is 3.21. The van der Waals surface area contributed by atoms with E-state index in [9.17, 15) is 13.2 Å². The van der Waals surface area contributed by atoms with Gasteiger partial charge in [0, 0.05) is 43.6 Å². The van der Waals surface area contributed by atoms with Crippen LogP contribution in [0.5, 0.6) is 0 Å². The van der Waals surface area contributed by atoms with Crippen molar-refractivity contribution in [3.63, 3.8) is 0 Å². The summed E-state index contributed by atoms with van der Waals surface area (Å²) >= 11 is 0. The maximum absolute atomic E-state index is 12.9. The number of rotatable bonds is 2. The van der Waals surface area contributed by atoms with Gasteiger partial charge in [0.1, 0.15) is 12.1 Å². The maximum Gasteiger partial charge on any atom is 0.416 e. The molecule has 1 saturated heterocycles. The van der Waals surface area contributed by atoms with Gasteiger partial charge in [0.15, 0.2) is 0 Å². The maximum atomic E-state index is 12.9. The summed E-state index contributed by atoms with van der Waals surface area (Å²) in [6.45, 7) is 8.50. The van der Waals surface area contributed by atoms with Crippen LogP contribution in [0.2, 0.25) is 0 Å². The molecule has 150 valence electrons. The average molecular weight is 392 g/mol. The van der Waals surface area contributed by atoms with Crippen molar-refractivity contribution in [3.8, 4) is 0 Å². The first-order valence-electron chi connectivity index (χ1n) is 9.26. The summed E-state index contributed by atoms with van der Waals surface area (Å²) in [5.74, 6) is 1.44. The number of halogens is 3. The molecule has 0 spiro atoms. The molecule has 3 aromatic rings. The van der Waals surface area contributed by atoms with Gasteiger partial charge in [-0.3, -0.25) is 0 Å². The van der Waals surface area contributed by atoms with Crippen LogP contribution in [0.4, 0.5) is 24.7 Å². The van der Waals surface area contributed by atoms with Gasteiger partial charge in [-0.1, -0.05) is 19.9 Å². The Bertz CT molecular complexity index is 929. The Morgan fingerprint density at radius 2 is 1.64 bits per heavy atom. The van der Waals surface area contributed by atoms with Crippen LogP contribution in [0, 0.1) is 6.92 Å². The van der Waals surface area contributed by atoms with Crippen LogP contribution >= 0.6 is 0 Å². The molecule has 0 unspecified atom stereocenters. The molecule has 1 aliphatic heterocycles. The summed E-state index contributed by atoms with van der Waals surface area (Å²) in [6.07, 6.45) is -2.87. The van der Waals surface area contributed by atoms with E-state index in [0.29, 0.717) is 37.6 Å². The fourth-order valence-electron chi connectivity index (χ4n) is 3.21. The zero-order valence-corrected chi connectivity index (χ0v) is 16.1. The van der Waals surface area contributed by atoms with Crippen LogP contribution in [-0.2, 0) is 6.18 Å². The van der Waals surface area contributed by atoms with Gasteiger partial charge in [0.2, 0.25) is 0 Å². The number of aromatic nitrogens is 4. The first-order valence-corrected chi connectivity index (χ1v) is 9.26. The van der Waals surface area contributed by atoms with Crippen molar-refractivity contribution in [1.82, 2.24) is 19.6 Å². The lowest BCUT2D eigenvalue weighted by molar-refractivity contribution is -0.137. The third-order valence-corrected chi connectivity index (χ3v) is 4.50. The van der Waals surface area contributed by atoms with Crippen LogP contribution in [0.3, 0.4) is 0 Å². The van der Waals surface area contributed by atoms with Crippen molar-refractivity contribution in [1.29, 1.82) is 0 Å². The first-order chi connectivity index (χ1) is 13.4. The highest BCUT2D eigenvalue weighted by molar-refractivity contribution is 5.53. The van der Waals surface area contributed by atoms with Crippen LogP contribution in [0.25, 0.3) is 5.78 Å². The van der Waals surface area contributed by atoms with Crippen molar-refractivity contribution in [2.45, 2.75) is 26.9 Å². The highest BCUT2D eigenvalue weighted by atomic mass is 19.4. The molecule has 0 saturated carbocycles. The molecule has 0 amide bonds. The van der Waals surface area contributed by atoms with Crippen molar-refractivity contribution in [2.24, 2.45) is 0 Å². The van der Waals surface area contributed by atoms with E-state index in [1.165, 1.54) is 18.5 Å². The molecular formula is C19H23F3N6. The minimum Gasteiger partial charge on any atom is -0.368 e. The van der Waals surface area contributed by atoms with E-state index in [2.05, 4.69) is 20.0 Å². The number of fused-ring (bicyclic) bond motifs is 1. The molecule has 3 heterocycles. The predicted octanol–water partition coefficient (Wildman–Crippen LogP) is 3.80. The first kappa shape index (κ1) is 19.9. The van der Waals surface area contributed by atoms with Gasteiger partial charge < -0.3 is 9.80 Å². The number of anilines is 2. The van der Waals surface area contributed by atoms with Crippen LogP contribution in [0.1, 0.15) is 25.1 Å². The van der Waals surface area contributed by atoms with Gasteiger partial charge >= 0.3 is 6.18 Å². The van der Waals surface area contributed by atoms with Gasteiger partial charge in [-0.2, -0.15) is 27.8 Å². The summed E-state index contributed by atoms with van der Waals surface area (Å²) in [5, 5.41) is 4.21. The average Bonchev–Trinajstić information content (AvgIpc) is 3.17. The molecule has 2 aromatic heterocycles. The Morgan fingerprint density at radius 3 is 2.32 bits per heavy atom. The second-order valence-corrected chi connectivity index (χ2v) is 6.25. The lowest BCUT2D eigenvalue weighted by Crippen LogP contribution is -2.47. The smallest absolute Gasteiger partial charge is 0.368 e. The Labute approximate surface area is 161 Å². The quantitative estimate of drug-likeness (QED) is 0.664. The SMILES string of the molecule is CC.Cc1cc(N2CCN(c3cccc(C(F)(F)F)c3)CC2)n2ncnc2n1. The Morgan fingerprint density at radius 1 is 0.964 bits per heavy atom. The zero-order chi connectivity index (χ0) is 20.3. The normalized spacial score (nSPS) is 14.8. The molecule has 0 aliphatic carbocycles. The van der Waals surface area contributed by atoms with Crippen LogP contribution < -0.4 is 9.80 Å². The molecule has 0 bridgehead atoms. The second kappa shape index (κ2) is 8.04. The van der Waals surface area contributed by atoms with Crippen molar-refractivity contribution >= 4 is 17.3 Å². The number of benzene rings is 1. The summed E-state index contributed by atoms with van der Waals surface area (Å²) in [4.78, 5) is 12.6. The summed E-state index contributed by atoms with van der Waals surface area (Å²) in [6, 6.07) is 7.43. The molecule has 0 atom stereocenters. The topological polar surface area (TPSA) is 49.6 Å². The zero-order valence-electron chi connectivity index (χ0n) is 16.1. The lowest BCUT2D eigenvalue weighted by atomic mass is 10.1. The molecule has 6 nitrogen and oxygen atoms in total. The molecule has 1 aliphatic rings. The Kier molecular flexibility index (Phi) is 5.71. The molecule has 0 N–H and O–H groups in total. The van der Waals surface area contributed by atoms with E-state index >= 15 is 0 Å². The third-order valence-electron chi connectivity index (χ3n) is 4.50. The third kappa shape index (κ3) is 4.02. The van der Waals surface area contributed by atoms with Crippen LogP contribution in [0.15, 0.2) is 36.7 Å². The van der Waals surface area contributed by atoms with Crippen molar-refractivity contribution in [2.75, 3.05) is 36.0 Å². The van der Waals surface area contributed by atoms with E-state index < -0.39 is 11.7 Å². The van der Waals surface area contributed by atoms with Gasteiger partial charge in [0.25, 0.3) is 5.78 Å². The van der Waals surface area contributed by atoms with Gasteiger partial charge in [-0.05, 0) is 25.1 Å². The monoisotopic (exact) mass is 392 g/mol. The van der Waals surface area contributed by atoms with Gasteiger partial charge in [-0.25, -0.2) is 4.98 Å². The predicted molar refractivity (Wildman–Crippen MR) is 103 cm³/mol. The van der Waals surface area contributed by atoms with E-state index in [-0.39, 0.29) is 0 Å². The number of alkyl halides is 3. The van der Waals surface area contributed by atoms with Gasteiger partial charge in [-0.15, -0.1) is 0 Å². The van der Waals surface area contributed by atoms with Crippen molar-refractivity contribution in [3.05, 3.63) is 47.9 Å². The number of nitrogens with zero attached hydrogens (tertiary/aromatic N) is 6. The molecule has 28 heavy (non-hydrogen) atoms. The van der Waals surface area contributed by atoms with Crippen molar-refractivity contribution < 1.29 is 13.2 Å². The standard InChI is InChI=1S/C17H17F3N6.C2H6/c1-12-9-15(26-16(23-12)21-11-22-26)25-7-5-24(6-8-25)14-4-2-3-13(10-14)17(18,19)20;1-2/h2-4,9-11H,5-8H2,1H3;1-2H3. The van der Waals surface area contributed by atoms with E-state index in [1.807, 2.05) is 31.7 Å². The Balaban J connectivity index is 0.00000109. The van der Waals surface area contributed by atoms with Gasteiger partial charge in [0.05, 0.1) is 5.56 Å². The van der Waals surface area contributed by atoms with E-state index in [4.69, 9.17) is 0 Å². The minimum absolute atomic E-state index is 0.542. The molecule has 0 radical (unpaired) electrons.